The van der Waals surface area contributed by atoms with Gasteiger partial charge in [0.25, 0.3) is 5.52 Å². The summed E-state index contributed by atoms with van der Waals surface area (Å²) in [7, 11) is -4.16. The van der Waals surface area contributed by atoms with Crippen molar-refractivity contribution in [3.63, 3.8) is 0 Å². The van der Waals surface area contributed by atoms with Crippen molar-refractivity contribution in [1.82, 2.24) is 0 Å². The molecule has 0 amide bonds. The van der Waals surface area contributed by atoms with Crippen LogP contribution in [0.1, 0.15) is 18.7 Å². The first-order chi connectivity index (χ1) is 8.87. The fourth-order valence-corrected chi connectivity index (χ4v) is 2.56. The molecule has 1 aromatic heterocycles. The van der Waals surface area contributed by atoms with Crippen molar-refractivity contribution in [2.24, 2.45) is 0 Å². The molecule has 0 fully saturated rings. The molecule has 7 heteroatoms. The Morgan fingerprint density at radius 2 is 2.11 bits per heavy atom. The molecule has 0 aliphatic carbocycles. The zero-order valence-electron chi connectivity index (χ0n) is 10.4. The molecule has 0 radical (unpaired) electrons. The number of aromatic nitrogens is 1. The minimum Gasteiger partial charge on any atom is -0.748 e. The van der Waals surface area contributed by atoms with Crippen LogP contribution in [0.3, 0.4) is 0 Å². The van der Waals surface area contributed by atoms with Gasteiger partial charge in [0.1, 0.15) is 5.82 Å². The van der Waals surface area contributed by atoms with Crippen LogP contribution in [0.2, 0.25) is 0 Å². The maximum Gasteiger partial charge on any atom is 0.344 e. The van der Waals surface area contributed by atoms with Gasteiger partial charge < -0.3 is 8.97 Å². The number of benzene rings is 1. The van der Waals surface area contributed by atoms with Gasteiger partial charge in [-0.2, -0.15) is 4.57 Å². The van der Waals surface area contributed by atoms with Crippen molar-refractivity contribution < 1.29 is 26.3 Å². The van der Waals surface area contributed by atoms with E-state index in [-0.39, 0.29) is 11.6 Å². The van der Waals surface area contributed by atoms with Crippen LogP contribution in [-0.4, -0.2) is 18.7 Å². The molecular formula is C12H14FNO4S. The highest BCUT2D eigenvalue weighted by Gasteiger charge is 2.18. The fraction of sp³-hybridized carbons (Fsp3) is 0.417. The Kier molecular flexibility index (Phi) is 3.86. The summed E-state index contributed by atoms with van der Waals surface area (Å²) in [6, 6.07) is 4.27. The van der Waals surface area contributed by atoms with E-state index in [1.165, 1.54) is 12.1 Å². The third kappa shape index (κ3) is 3.51. The van der Waals surface area contributed by atoms with Gasteiger partial charge in [0.05, 0.1) is 17.0 Å². The Balaban J connectivity index is 2.10. The highest BCUT2D eigenvalue weighted by atomic mass is 32.2. The monoisotopic (exact) mass is 287 g/mol. The van der Waals surface area contributed by atoms with E-state index in [1.54, 1.807) is 13.0 Å². The summed E-state index contributed by atoms with van der Waals surface area (Å²) in [4.78, 5) is 0. The number of unbranched alkanes of at least 4 members (excludes halogenated alkanes) is 1. The molecule has 0 aliphatic heterocycles. The van der Waals surface area contributed by atoms with E-state index < -0.39 is 10.1 Å². The van der Waals surface area contributed by atoms with E-state index >= 15 is 0 Å². The van der Waals surface area contributed by atoms with Crippen LogP contribution in [0.4, 0.5) is 4.39 Å². The highest BCUT2D eigenvalue weighted by Crippen LogP contribution is 2.15. The van der Waals surface area contributed by atoms with E-state index in [0.717, 1.165) is 5.52 Å². The van der Waals surface area contributed by atoms with Crippen LogP contribution in [0.15, 0.2) is 22.6 Å². The molecule has 0 spiro atoms. The molecule has 0 aliphatic rings. The first-order valence-corrected chi connectivity index (χ1v) is 7.46. The second-order valence-electron chi connectivity index (χ2n) is 4.35. The number of rotatable bonds is 5. The van der Waals surface area contributed by atoms with Gasteiger partial charge in [0.15, 0.2) is 6.54 Å². The van der Waals surface area contributed by atoms with E-state index in [9.17, 15) is 17.4 Å². The van der Waals surface area contributed by atoms with Crippen molar-refractivity contribution >= 4 is 21.2 Å². The molecule has 104 valence electrons. The van der Waals surface area contributed by atoms with Gasteiger partial charge in [0.2, 0.25) is 5.58 Å². The smallest absolute Gasteiger partial charge is 0.344 e. The van der Waals surface area contributed by atoms with E-state index in [2.05, 4.69) is 0 Å². The summed E-state index contributed by atoms with van der Waals surface area (Å²) in [6.45, 7) is 2.28. The fourth-order valence-electron chi connectivity index (χ4n) is 2.00. The minimum atomic E-state index is -4.16. The first-order valence-electron chi connectivity index (χ1n) is 5.89. The second-order valence-corrected chi connectivity index (χ2v) is 5.88. The molecule has 5 nitrogen and oxygen atoms in total. The number of halogens is 1. The molecular weight excluding hydrogens is 273 g/mol. The van der Waals surface area contributed by atoms with Crippen molar-refractivity contribution in [2.75, 3.05) is 5.75 Å². The number of hydrogen-bond donors (Lipinski definition) is 0. The predicted octanol–water partition coefficient (Wildman–Crippen LogP) is 1.49. The standard InChI is InChI=1S/C12H14FNO4S/c1-9-14(6-2-3-7-19(15,16)17)11-5-4-10(13)8-12(11)18-9/h4-5,8H,2-3,6-7H2,1H3. The Bertz CT molecular complexity index is 693. The Hall–Kier alpha value is -1.47. The van der Waals surface area contributed by atoms with Gasteiger partial charge in [0, 0.05) is 24.3 Å². The topological polar surface area (TPSA) is 74.2 Å². The van der Waals surface area contributed by atoms with Gasteiger partial charge >= 0.3 is 5.89 Å². The van der Waals surface area contributed by atoms with Gasteiger partial charge in [-0.3, -0.25) is 0 Å². The summed E-state index contributed by atoms with van der Waals surface area (Å²) in [5.41, 5.74) is 1.21. The molecule has 1 aromatic carbocycles. The molecule has 0 saturated carbocycles. The van der Waals surface area contributed by atoms with E-state index in [0.29, 0.717) is 30.9 Å². The molecule has 2 aromatic rings. The maximum absolute atomic E-state index is 13.0. The first kappa shape index (κ1) is 14.0. The third-order valence-electron chi connectivity index (χ3n) is 2.88. The van der Waals surface area contributed by atoms with Gasteiger partial charge in [-0.15, -0.1) is 0 Å². The van der Waals surface area contributed by atoms with Crippen LogP contribution in [0, 0.1) is 12.7 Å². The van der Waals surface area contributed by atoms with Crippen LogP contribution in [0.5, 0.6) is 0 Å². The van der Waals surface area contributed by atoms with Crippen molar-refractivity contribution in [3.05, 3.63) is 29.9 Å². The zero-order valence-corrected chi connectivity index (χ0v) is 11.2. The minimum absolute atomic E-state index is 0.298. The number of aryl methyl sites for hydroxylation is 2. The van der Waals surface area contributed by atoms with Crippen LogP contribution >= 0.6 is 0 Å². The molecule has 19 heavy (non-hydrogen) atoms. The average Bonchev–Trinajstić information content (AvgIpc) is 2.58. The Morgan fingerprint density at radius 1 is 1.37 bits per heavy atom. The van der Waals surface area contributed by atoms with Gasteiger partial charge in [-0.05, 0) is 12.5 Å². The quantitative estimate of drug-likeness (QED) is 0.474. The lowest BCUT2D eigenvalue weighted by Gasteiger charge is -2.04. The summed E-state index contributed by atoms with van der Waals surface area (Å²) < 4.78 is 51.8. The highest BCUT2D eigenvalue weighted by molar-refractivity contribution is 7.85. The van der Waals surface area contributed by atoms with Gasteiger partial charge in [-0.25, -0.2) is 12.8 Å². The Labute approximate surface area is 110 Å². The second kappa shape index (κ2) is 5.26. The largest absolute Gasteiger partial charge is 0.748 e. The number of fused-ring (bicyclic) bond motifs is 1. The van der Waals surface area contributed by atoms with Crippen LogP contribution in [-0.2, 0) is 16.7 Å². The molecule has 0 bridgehead atoms. The SMILES string of the molecule is Cc1oc2cc(F)ccc2[n+]1CCCCS(=O)(=O)[O-]. The predicted molar refractivity (Wildman–Crippen MR) is 64.9 cm³/mol. The lowest BCUT2D eigenvalue weighted by molar-refractivity contribution is -0.683. The lowest BCUT2D eigenvalue weighted by atomic mass is 10.3. The lowest BCUT2D eigenvalue weighted by Crippen LogP contribution is -2.35. The van der Waals surface area contributed by atoms with Gasteiger partial charge in [-0.1, -0.05) is 0 Å². The van der Waals surface area contributed by atoms with Crippen LogP contribution in [0.25, 0.3) is 11.1 Å². The molecule has 0 N–H and O–H groups in total. The van der Waals surface area contributed by atoms with Crippen LogP contribution < -0.4 is 4.57 Å². The molecule has 0 unspecified atom stereocenters. The third-order valence-corrected chi connectivity index (χ3v) is 3.67. The van der Waals surface area contributed by atoms with E-state index in [1.807, 2.05) is 4.57 Å². The normalized spacial score (nSPS) is 12.2. The van der Waals surface area contributed by atoms with E-state index in [4.69, 9.17) is 4.42 Å². The molecule has 2 rings (SSSR count). The maximum atomic E-state index is 13.0. The summed E-state index contributed by atoms with van der Waals surface area (Å²) in [5.74, 6) is -0.117. The number of oxazole rings is 1. The van der Waals surface area contributed by atoms with Crippen molar-refractivity contribution in [1.29, 1.82) is 0 Å². The Morgan fingerprint density at radius 3 is 2.79 bits per heavy atom. The summed E-state index contributed by atoms with van der Waals surface area (Å²) in [5, 5.41) is 0. The number of hydrogen-bond acceptors (Lipinski definition) is 4. The average molecular weight is 287 g/mol. The van der Waals surface area contributed by atoms with Crippen molar-refractivity contribution in [2.45, 2.75) is 26.3 Å². The van der Waals surface area contributed by atoms with Crippen molar-refractivity contribution in [3.8, 4) is 0 Å². The molecule has 0 saturated heterocycles. The zero-order chi connectivity index (χ0) is 14.0. The number of nitrogens with zero attached hydrogens (tertiary/aromatic N) is 1. The molecule has 0 atom stereocenters. The summed E-state index contributed by atoms with van der Waals surface area (Å²) >= 11 is 0. The summed E-state index contributed by atoms with van der Waals surface area (Å²) in [6.07, 6.45) is 0.838. The molecule has 1 heterocycles.